The van der Waals surface area contributed by atoms with Gasteiger partial charge in [0.25, 0.3) is 0 Å². The second-order valence-corrected chi connectivity index (χ2v) is 8.25. The van der Waals surface area contributed by atoms with E-state index in [2.05, 4.69) is 34.0 Å². The van der Waals surface area contributed by atoms with Crippen molar-refractivity contribution in [2.75, 3.05) is 11.9 Å². The summed E-state index contributed by atoms with van der Waals surface area (Å²) in [6.07, 6.45) is 1.69. The lowest BCUT2D eigenvalue weighted by Gasteiger charge is -2.13. The number of amides is 2. The molecule has 0 heterocycles. The number of hydrazone groups is 1. The van der Waals surface area contributed by atoms with E-state index in [-0.39, 0.29) is 6.42 Å². The van der Waals surface area contributed by atoms with Crippen molar-refractivity contribution in [3.05, 3.63) is 102 Å². The van der Waals surface area contributed by atoms with E-state index in [9.17, 15) is 9.59 Å². The molecule has 0 radical (unpaired) electrons. The third-order valence-corrected chi connectivity index (χ3v) is 5.61. The van der Waals surface area contributed by atoms with Crippen LogP contribution in [0.2, 0.25) is 0 Å². The molecule has 8 nitrogen and oxygen atoms in total. The molecule has 0 aliphatic rings. The normalized spacial score (nSPS) is 10.6. The van der Waals surface area contributed by atoms with Gasteiger partial charge in [0.1, 0.15) is 6.61 Å². The monoisotopic (exact) mass is 506 g/mol. The molecular weight excluding hydrogens is 480 g/mol. The SMILES string of the molecule is CCOc1cc(/C=N/NC(=O)C(=O)Nc2ccc(CC#N)cc2)ccc1OCc1cccc2ccccc12. The van der Waals surface area contributed by atoms with Crippen LogP contribution >= 0.6 is 0 Å². The Balaban J connectivity index is 1.36. The zero-order chi connectivity index (χ0) is 26.7. The van der Waals surface area contributed by atoms with Crippen molar-refractivity contribution in [1.82, 2.24) is 5.43 Å². The molecule has 38 heavy (non-hydrogen) atoms. The average molecular weight is 507 g/mol. The van der Waals surface area contributed by atoms with Crippen molar-refractivity contribution in [2.24, 2.45) is 5.10 Å². The first-order valence-corrected chi connectivity index (χ1v) is 12.0. The minimum Gasteiger partial charge on any atom is -0.490 e. The van der Waals surface area contributed by atoms with E-state index in [4.69, 9.17) is 14.7 Å². The molecule has 0 spiro atoms. The maximum atomic E-state index is 12.1. The van der Waals surface area contributed by atoms with Crippen LogP contribution in [0.1, 0.15) is 23.6 Å². The first kappa shape index (κ1) is 25.9. The van der Waals surface area contributed by atoms with Gasteiger partial charge in [0.15, 0.2) is 11.5 Å². The Hall–Kier alpha value is -5.16. The van der Waals surface area contributed by atoms with Crippen LogP contribution in [0.5, 0.6) is 11.5 Å². The fourth-order valence-corrected chi connectivity index (χ4v) is 3.77. The maximum Gasteiger partial charge on any atom is 0.329 e. The molecule has 190 valence electrons. The molecule has 0 aliphatic carbocycles. The predicted molar refractivity (Wildman–Crippen MR) is 146 cm³/mol. The predicted octanol–water partition coefficient (Wildman–Crippen LogP) is 4.97. The molecule has 0 unspecified atom stereocenters. The summed E-state index contributed by atoms with van der Waals surface area (Å²) in [5.41, 5.74) is 5.19. The van der Waals surface area contributed by atoms with Gasteiger partial charge in [-0.25, -0.2) is 5.43 Å². The molecule has 0 saturated heterocycles. The molecule has 0 aliphatic heterocycles. The topological polar surface area (TPSA) is 113 Å². The zero-order valence-corrected chi connectivity index (χ0v) is 20.8. The molecule has 0 saturated carbocycles. The van der Waals surface area contributed by atoms with Gasteiger partial charge in [-0.3, -0.25) is 9.59 Å². The second kappa shape index (κ2) is 12.7. The second-order valence-electron chi connectivity index (χ2n) is 8.25. The number of rotatable bonds is 9. The third kappa shape index (κ3) is 6.74. The van der Waals surface area contributed by atoms with Gasteiger partial charge in [0.2, 0.25) is 0 Å². The first-order valence-electron chi connectivity index (χ1n) is 12.0. The Morgan fingerprint density at radius 2 is 1.71 bits per heavy atom. The molecule has 0 bridgehead atoms. The Bertz CT molecular complexity index is 1500. The third-order valence-electron chi connectivity index (χ3n) is 5.61. The molecule has 4 aromatic rings. The summed E-state index contributed by atoms with van der Waals surface area (Å²) in [5.74, 6) is -0.647. The van der Waals surface area contributed by atoms with Crippen LogP contribution in [0.15, 0.2) is 90.0 Å². The van der Waals surface area contributed by atoms with Crippen LogP contribution in [-0.4, -0.2) is 24.6 Å². The van der Waals surface area contributed by atoms with E-state index in [0.29, 0.717) is 36.0 Å². The van der Waals surface area contributed by atoms with Gasteiger partial charge in [-0.05, 0) is 64.7 Å². The van der Waals surface area contributed by atoms with Crippen molar-refractivity contribution in [3.8, 4) is 17.6 Å². The van der Waals surface area contributed by atoms with E-state index in [1.807, 2.05) is 37.3 Å². The smallest absolute Gasteiger partial charge is 0.329 e. The highest BCUT2D eigenvalue weighted by Crippen LogP contribution is 2.30. The summed E-state index contributed by atoms with van der Waals surface area (Å²) in [4.78, 5) is 24.3. The van der Waals surface area contributed by atoms with Gasteiger partial charge in [-0.1, -0.05) is 54.6 Å². The molecule has 0 aromatic heterocycles. The Labute approximate surface area is 220 Å². The number of nitriles is 1. The van der Waals surface area contributed by atoms with Crippen molar-refractivity contribution in [1.29, 1.82) is 5.26 Å². The Morgan fingerprint density at radius 1 is 0.921 bits per heavy atom. The Morgan fingerprint density at radius 3 is 2.50 bits per heavy atom. The van der Waals surface area contributed by atoms with Crippen LogP contribution in [0.3, 0.4) is 0 Å². The molecule has 2 amide bonds. The van der Waals surface area contributed by atoms with Crippen LogP contribution in [0, 0.1) is 11.3 Å². The number of nitrogens with one attached hydrogen (secondary N) is 2. The summed E-state index contributed by atoms with van der Waals surface area (Å²) in [6.45, 7) is 2.70. The average Bonchev–Trinajstić information content (AvgIpc) is 2.94. The van der Waals surface area contributed by atoms with Crippen molar-refractivity contribution in [3.63, 3.8) is 0 Å². The Kier molecular flexibility index (Phi) is 8.66. The lowest BCUT2D eigenvalue weighted by molar-refractivity contribution is -0.136. The number of carbonyl (C=O) groups is 2. The van der Waals surface area contributed by atoms with Crippen LogP contribution in [-0.2, 0) is 22.6 Å². The van der Waals surface area contributed by atoms with Crippen LogP contribution in [0.25, 0.3) is 10.8 Å². The zero-order valence-electron chi connectivity index (χ0n) is 20.8. The molecule has 2 N–H and O–H groups in total. The van der Waals surface area contributed by atoms with Gasteiger partial charge in [0.05, 0.1) is 25.3 Å². The summed E-state index contributed by atoms with van der Waals surface area (Å²) < 4.78 is 11.8. The molecule has 4 rings (SSSR count). The molecular formula is C30H26N4O4. The molecule has 8 heteroatoms. The lowest BCUT2D eigenvalue weighted by atomic mass is 10.1. The van der Waals surface area contributed by atoms with Gasteiger partial charge < -0.3 is 14.8 Å². The highest BCUT2D eigenvalue weighted by atomic mass is 16.5. The van der Waals surface area contributed by atoms with Gasteiger partial charge in [-0.15, -0.1) is 0 Å². The van der Waals surface area contributed by atoms with Crippen molar-refractivity contribution < 1.29 is 19.1 Å². The number of anilines is 1. The molecule has 4 aromatic carbocycles. The van der Waals surface area contributed by atoms with Crippen molar-refractivity contribution >= 4 is 34.5 Å². The van der Waals surface area contributed by atoms with Gasteiger partial charge >= 0.3 is 11.8 Å². The highest BCUT2D eigenvalue weighted by molar-refractivity contribution is 6.39. The first-order chi connectivity index (χ1) is 18.6. The minimum absolute atomic E-state index is 0.270. The van der Waals surface area contributed by atoms with Gasteiger partial charge in [0, 0.05) is 5.69 Å². The molecule has 0 fully saturated rings. The number of benzene rings is 4. The van der Waals surface area contributed by atoms with Crippen LogP contribution < -0.4 is 20.2 Å². The fraction of sp³-hybridized carbons (Fsp3) is 0.133. The van der Waals surface area contributed by atoms with E-state index in [1.165, 1.54) is 6.21 Å². The largest absolute Gasteiger partial charge is 0.490 e. The van der Waals surface area contributed by atoms with Crippen molar-refractivity contribution in [2.45, 2.75) is 20.0 Å². The van der Waals surface area contributed by atoms with E-state index < -0.39 is 11.8 Å². The molecule has 0 atom stereocenters. The number of ether oxygens (including phenoxy) is 2. The summed E-state index contributed by atoms with van der Waals surface area (Å²) >= 11 is 0. The quantitative estimate of drug-likeness (QED) is 0.189. The number of carbonyl (C=O) groups excluding carboxylic acids is 2. The summed E-state index contributed by atoms with van der Waals surface area (Å²) in [6, 6.07) is 28.3. The number of fused-ring (bicyclic) bond motifs is 1. The number of hydrogen-bond acceptors (Lipinski definition) is 6. The number of hydrogen-bond donors (Lipinski definition) is 2. The lowest BCUT2D eigenvalue weighted by Crippen LogP contribution is -2.32. The summed E-state index contributed by atoms with van der Waals surface area (Å²) in [5, 5.41) is 17.4. The standard InChI is InChI=1S/C30H26N4O4/c1-2-37-28-18-22(12-15-27(28)38-20-24-8-5-7-23-6-3-4-9-26(23)24)19-32-34-30(36)29(35)33-25-13-10-21(11-14-25)16-17-31/h3-15,18-19H,2,16,20H2,1H3,(H,33,35)(H,34,36)/b32-19+. The van der Waals surface area contributed by atoms with Crippen LogP contribution in [0.4, 0.5) is 5.69 Å². The summed E-state index contributed by atoms with van der Waals surface area (Å²) in [7, 11) is 0. The number of nitrogens with zero attached hydrogens (tertiary/aromatic N) is 2. The van der Waals surface area contributed by atoms with E-state index in [1.54, 1.807) is 42.5 Å². The van der Waals surface area contributed by atoms with E-state index >= 15 is 0 Å². The fourth-order valence-electron chi connectivity index (χ4n) is 3.77. The van der Waals surface area contributed by atoms with Gasteiger partial charge in [-0.2, -0.15) is 10.4 Å². The maximum absolute atomic E-state index is 12.1. The van der Waals surface area contributed by atoms with E-state index in [0.717, 1.165) is 21.9 Å². The minimum atomic E-state index is -0.914. The highest BCUT2D eigenvalue weighted by Gasteiger charge is 2.13.